The highest BCUT2D eigenvalue weighted by molar-refractivity contribution is 6.23. The zero-order valence-electron chi connectivity index (χ0n) is 36.5. The van der Waals surface area contributed by atoms with Gasteiger partial charge in [0.05, 0.1) is 11.1 Å². The SMILES string of the molecule is c1ccc(-c2cccc(N(c3ccc4c(c3)C3(c5ccccc5-c5ccccc53)c3ccccc3-4)c3cc4c(oc5cccc(-c6ccccc6-c6ccccc6)c54)c4ccccc34)c2)cc1. The Hall–Kier alpha value is -8.72. The highest BCUT2D eigenvalue weighted by atomic mass is 16.3. The third-order valence-electron chi connectivity index (χ3n) is 14.5. The molecular formula is C65H41NO. The number of furan rings is 1. The number of fused-ring (bicyclic) bond motifs is 15. The Morgan fingerprint density at radius 1 is 0.299 bits per heavy atom. The molecule has 0 bridgehead atoms. The molecule has 14 rings (SSSR count). The molecule has 0 radical (unpaired) electrons. The average Bonchev–Trinajstić information content (AvgIpc) is 4.04. The van der Waals surface area contributed by atoms with Gasteiger partial charge in [-0.2, -0.15) is 0 Å². The van der Waals surface area contributed by atoms with Crippen LogP contribution in [0, 0.1) is 0 Å². The maximum atomic E-state index is 7.00. The third-order valence-corrected chi connectivity index (χ3v) is 14.5. The van der Waals surface area contributed by atoms with E-state index in [1.165, 1.54) is 66.8 Å². The number of anilines is 3. The minimum absolute atomic E-state index is 0.486. The lowest BCUT2D eigenvalue weighted by Gasteiger charge is -2.32. The Bertz CT molecular complexity index is 3870. The van der Waals surface area contributed by atoms with E-state index in [2.05, 4.69) is 254 Å². The molecule has 12 aromatic rings. The summed E-state index contributed by atoms with van der Waals surface area (Å²) in [7, 11) is 0. The lowest BCUT2D eigenvalue weighted by molar-refractivity contribution is 0.673. The quantitative estimate of drug-likeness (QED) is 0.166. The second-order valence-corrected chi connectivity index (χ2v) is 17.9. The van der Waals surface area contributed by atoms with Crippen LogP contribution < -0.4 is 4.90 Å². The molecular weight excluding hydrogens is 811 g/mol. The molecule has 0 aliphatic heterocycles. The average molecular weight is 852 g/mol. The van der Waals surface area contributed by atoms with Crippen molar-refractivity contribution in [2.75, 3.05) is 4.90 Å². The summed E-state index contributed by atoms with van der Waals surface area (Å²) >= 11 is 0. The van der Waals surface area contributed by atoms with E-state index in [1.807, 2.05) is 0 Å². The molecule has 2 nitrogen and oxygen atoms in total. The van der Waals surface area contributed by atoms with Crippen molar-refractivity contribution in [3.05, 3.63) is 271 Å². The van der Waals surface area contributed by atoms with Crippen LogP contribution in [0.5, 0.6) is 0 Å². The molecule has 0 saturated heterocycles. The topological polar surface area (TPSA) is 16.4 Å². The molecule has 0 fully saturated rings. The van der Waals surface area contributed by atoms with Crippen LogP contribution in [0.25, 0.3) is 88.3 Å². The first-order valence-electron chi connectivity index (χ1n) is 23.2. The van der Waals surface area contributed by atoms with Crippen LogP contribution >= 0.6 is 0 Å². The summed E-state index contributed by atoms with van der Waals surface area (Å²) < 4.78 is 7.00. The van der Waals surface area contributed by atoms with Crippen molar-refractivity contribution in [2.45, 2.75) is 5.41 Å². The fraction of sp³-hybridized carbons (Fsp3) is 0.0154. The third kappa shape index (κ3) is 5.45. The first-order valence-corrected chi connectivity index (χ1v) is 23.2. The van der Waals surface area contributed by atoms with E-state index in [-0.39, 0.29) is 0 Å². The Morgan fingerprint density at radius 3 is 1.49 bits per heavy atom. The zero-order chi connectivity index (χ0) is 44.1. The Morgan fingerprint density at radius 2 is 0.806 bits per heavy atom. The summed E-state index contributed by atoms with van der Waals surface area (Å²) in [6, 6.07) is 91.2. The summed E-state index contributed by atoms with van der Waals surface area (Å²) in [5, 5.41) is 4.37. The molecule has 0 unspecified atom stereocenters. The Kier molecular flexibility index (Phi) is 8.23. The number of benzene rings is 11. The van der Waals surface area contributed by atoms with Crippen LogP contribution in [-0.4, -0.2) is 0 Å². The zero-order valence-corrected chi connectivity index (χ0v) is 36.5. The number of hydrogen-bond acceptors (Lipinski definition) is 2. The van der Waals surface area contributed by atoms with Crippen molar-refractivity contribution in [1.29, 1.82) is 0 Å². The van der Waals surface area contributed by atoms with Crippen molar-refractivity contribution in [3.63, 3.8) is 0 Å². The Balaban J connectivity index is 1.07. The molecule has 0 amide bonds. The molecule has 67 heavy (non-hydrogen) atoms. The van der Waals surface area contributed by atoms with Gasteiger partial charge in [-0.05, 0) is 114 Å². The van der Waals surface area contributed by atoms with Gasteiger partial charge >= 0.3 is 0 Å². The maximum absolute atomic E-state index is 7.00. The number of nitrogens with zero attached hydrogens (tertiary/aromatic N) is 1. The molecule has 11 aromatic carbocycles. The maximum Gasteiger partial charge on any atom is 0.143 e. The summed E-state index contributed by atoms with van der Waals surface area (Å²) in [6.07, 6.45) is 0. The standard InChI is InChI=1S/C65H41NO/c1-3-19-42(20-4-1)44-23-17-24-45(39-44)66(46-37-38-52-51-29-13-16-35-59(51)65(60(52)40-46)57-33-14-11-27-49(57)50-28-12-15-34-58(50)65)61-41-56-63-54(48-26-8-7-25-47(48)43-21-5-2-6-22-43)32-18-36-62(63)67-64(56)55-31-10-9-30-53(55)61/h1-41H. The van der Waals surface area contributed by atoms with Crippen molar-refractivity contribution in [1.82, 2.24) is 0 Å². The first-order chi connectivity index (χ1) is 33.3. The lowest BCUT2D eigenvalue weighted by atomic mass is 9.70. The van der Waals surface area contributed by atoms with Crippen molar-refractivity contribution in [3.8, 4) is 55.6 Å². The minimum Gasteiger partial charge on any atom is -0.455 e. The summed E-state index contributed by atoms with van der Waals surface area (Å²) in [4.78, 5) is 2.50. The van der Waals surface area contributed by atoms with Crippen LogP contribution in [0.15, 0.2) is 253 Å². The number of rotatable bonds is 6. The second kappa shape index (κ2) is 14.7. The lowest BCUT2D eigenvalue weighted by Crippen LogP contribution is -2.26. The smallest absolute Gasteiger partial charge is 0.143 e. The van der Waals surface area contributed by atoms with Crippen molar-refractivity contribution < 1.29 is 4.42 Å². The fourth-order valence-corrected chi connectivity index (χ4v) is 11.7. The van der Waals surface area contributed by atoms with E-state index < -0.39 is 5.41 Å². The molecule has 312 valence electrons. The van der Waals surface area contributed by atoms with Gasteiger partial charge in [0.15, 0.2) is 0 Å². The molecule has 1 aromatic heterocycles. The monoisotopic (exact) mass is 851 g/mol. The van der Waals surface area contributed by atoms with Gasteiger partial charge in [-0.1, -0.05) is 212 Å². The molecule has 1 spiro atoms. The normalized spacial score (nSPS) is 12.9. The molecule has 0 N–H and O–H groups in total. The highest BCUT2D eigenvalue weighted by Gasteiger charge is 2.51. The van der Waals surface area contributed by atoms with E-state index in [1.54, 1.807) is 0 Å². The van der Waals surface area contributed by atoms with Gasteiger partial charge in [-0.25, -0.2) is 0 Å². The van der Waals surface area contributed by atoms with Crippen LogP contribution in [0.2, 0.25) is 0 Å². The second-order valence-electron chi connectivity index (χ2n) is 17.9. The van der Waals surface area contributed by atoms with Gasteiger partial charge in [0.25, 0.3) is 0 Å². The van der Waals surface area contributed by atoms with Crippen LogP contribution in [-0.2, 0) is 5.41 Å². The summed E-state index contributed by atoms with van der Waals surface area (Å²) in [5.74, 6) is 0. The summed E-state index contributed by atoms with van der Waals surface area (Å²) in [5.41, 5.74) is 22.0. The predicted octanol–water partition coefficient (Wildman–Crippen LogP) is 17.6. The first kappa shape index (κ1) is 37.6. The van der Waals surface area contributed by atoms with Crippen LogP contribution in [0.4, 0.5) is 17.1 Å². The van der Waals surface area contributed by atoms with Gasteiger partial charge in [-0.3, -0.25) is 0 Å². The summed E-state index contributed by atoms with van der Waals surface area (Å²) in [6.45, 7) is 0. The van der Waals surface area contributed by atoms with Gasteiger partial charge in [0.1, 0.15) is 11.2 Å². The molecule has 2 heteroatoms. The van der Waals surface area contributed by atoms with E-state index in [0.29, 0.717) is 0 Å². The largest absolute Gasteiger partial charge is 0.455 e. The molecule has 0 saturated carbocycles. The van der Waals surface area contributed by atoms with Crippen LogP contribution in [0.3, 0.4) is 0 Å². The van der Waals surface area contributed by atoms with E-state index in [9.17, 15) is 0 Å². The molecule has 0 atom stereocenters. The van der Waals surface area contributed by atoms with Crippen molar-refractivity contribution in [2.24, 2.45) is 0 Å². The minimum atomic E-state index is -0.486. The van der Waals surface area contributed by atoms with E-state index in [4.69, 9.17) is 4.42 Å². The van der Waals surface area contributed by atoms with E-state index in [0.717, 1.165) is 60.9 Å². The van der Waals surface area contributed by atoms with Gasteiger partial charge in [0, 0.05) is 32.9 Å². The number of hydrogen-bond donors (Lipinski definition) is 0. The Labute approximate surface area is 389 Å². The fourth-order valence-electron chi connectivity index (χ4n) is 11.7. The van der Waals surface area contributed by atoms with Crippen LogP contribution in [0.1, 0.15) is 22.3 Å². The van der Waals surface area contributed by atoms with Crippen molar-refractivity contribution >= 4 is 49.8 Å². The van der Waals surface area contributed by atoms with Gasteiger partial charge in [0.2, 0.25) is 0 Å². The highest BCUT2D eigenvalue weighted by Crippen LogP contribution is 2.63. The molecule has 2 aliphatic carbocycles. The molecule has 2 aliphatic rings. The van der Waals surface area contributed by atoms with Gasteiger partial charge < -0.3 is 9.32 Å². The van der Waals surface area contributed by atoms with Gasteiger partial charge in [-0.15, -0.1) is 0 Å². The molecule has 1 heterocycles. The predicted molar refractivity (Wildman–Crippen MR) is 279 cm³/mol. The van der Waals surface area contributed by atoms with E-state index >= 15 is 0 Å².